The summed E-state index contributed by atoms with van der Waals surface area (Å²) in [5.41, 5.74) is 3.15. The topological polar surface area (TPSA) is 24.1 Å². The molecule has 2 nitrogen and oxygen atoms in total. The molecule has 1 aromatic carbocycles. The Morgan fingerprint density at radius 2 is 1.75 bits per heavy atom. The van der Waals surface area contributed by atoms with Gasteiger partial charge in [0.2, 0.25) is 0 Å². The second-order valence-electron chi connectivity index (χ2n) is 7.06. The molecule has 0 atom stereocenters. The third-order valence-electron chi connectivity index (χ3n) is 3.81. The minimum Gasteiger partial charge on any atom is -0.314 e. The molecule has 0 aromatic heterocycles. The first-order chi connectivity index (χ1) is 9.54. The smallest absolute Gasteiger partial charge is 0.0213 e. The predicted octanol–water partition coefficient (Wildman–Crippen LogP) is 3.65. The molecule has 0 amide bonds. The third kappa shape index (κ3) is 6.06. The predicted molar refractivity (Wildman–Crippen MR) is 87.0 cm³/mol. The molecule has 1 fully saturated rings. The number of rotatable bonds is 8. The Kier molecular flexibility index (Phi) is 5.62. The van der Waals surface area contributed by atoms with Crippen LogP contribution in [0.2, 0.25) is 0 Å². The Morgan fingerprint density at radius 1 is 1.05 bits per heavy atom. The molecule has 20 heavy (non-hydrogen) atoms. The molecule has 0 saturated heterocycles. The fourth-order valence-electron chi connectivity index (χ4n) is 2.37. The van der Waals surface area contributed by atoms with E-state index in [1.165, 1.54) is 49.8 Å². The summed E-state index contributed by atoms with van der Waals surface area (Å²) < 4.78 is 0. The fraction of sp³-hybridized carbons (Fsp3) is 0.667. The normalized spacial score (nSPS) is 15.6. The highest BCUT2D eigenvalue weighted by molar-refractivity contribution is 5.27. The van der Waals surface area contributed by atoms with Crippen molar-refractivity contribution in [1.29, 1.82) is 0 Å². The van der Waals surface area contributed by atoms with Crippen molar-refractivity contribution in [2.24, 2.45) is 0 Å². The van der Waals surface area contributed by atoms with Crippen molar-refractivity contribution >= 4 is 0 Å². The van der Waals surface area contributed by atoms with E-state index < -0.39 is 0 Å². The zero-order valence-electron chi connectivity index (χ0n) is 13.3. The van der Waals surface area contributed by atoms with Crippen molar-refractivity contribution in [3.63, 3.8) is 0 Å². The van der Waals surface area contributed by atoms with Gasteiger partial charge in [-0.1, -0.05) is 24.3 Å². The maximum absolute atomic E-state index is 3.59. The molecule has 2 heteroatoms. The summed E-state index contributed by atoms with van der Waals surface area (Å²) in [5.74, 6) is 0. The van der Waals surface area contributed by atoms with Gasteiger partial charge in [0.1, 0.15) is 0 Å². The van der Waals surface area contributed by atoms with Crippen molar-refractivity contribution in [2.75, 3.05) is 6.54 Å². The van der Waals surface area contributed by atoms with Gasteiger partial charge in [-0.3, -0.25) is 0 Å². The molecule has 1 saturated carbocycles. The van der Waals surface area contributed by atoms with Crippen LogP contribution in [0.3, 0.4) is 0 Å². The highest BCUT2D eigenvalue weighted by Gasteiger charge is 2.19. The average molecular weight is 274 g/mol. The summed E-state index contributed by atoms with van der Waals surface area (Å²) in [4.78, 5) is 0. The van der Waals surface area contributed by atoms with Crippen LogP contribution in [0.15, 0.2) is 24.3 Å². The quantitative estimate of drug-likeness (QED) is 0.707. The number of nitrogens with one attached hydrogen (secondary N) is 2. The van der Waals surface area contributed by atoms with E-state index in [1.54, 1.807) is 0 Å². The number of hydrogen-bond donors (Lipinski definition) is 2. The maximum Gasteiger partial charge on any atom is 0.0213 e. The van der Waals surface area contributed by atoms with Crippen molar-refractivity contribution < 1.29 is 0 Å². The Bertz CT molecular complexity index is 402. The van der Waals surface area contributed by atoms with Crippen molar-refractivity contribution in [2.45, 2.75) is 71.0 Å². The summed E-state index contributed by atoms with van der Waals surface area (Å²) in [5, 5.41) is 7.18. The molecule has 0 aliphatic heterocycles. The van der Waals surface area contributed by atoms with Crippen LogP contribution in [0.1, 0.15) is 57.6 Å². The molecule has 1 aromatic rings. The van der Waals surface area contributed by atoms with Crippen LogP contribution < -0.4 is 10.6 Å². The number of hydrogen-bond acceptors (Lipinski definition) is 2. The summed E-state index contributed by atoms with van der Waals surface area (Å²) in [6.45, 7) is 8.82. The van der Waals surface area contributed by atoms with Crippen LogP contribution in [0.4, 0.5) is 0 Å². The van der Waals surface area contributed by atoms with E-state index in [1.807, 2.05) is 0 Å². The minimum atomic E-state index is 0.182. The van der Waals surface area contributed by atoms with Crippen molar-refractivity contribution in [3.8, 4) is 0 Å². The van der Waals surface area contributed by atoms with E-state index >= 15 is 0 Å². The van der Waals surface area contributed by atoms with Gasteiger partial charge in [-0.25, -0.2) is 0 Å². The Balaban J connectivity index is 1.74. The molecule has 2 rings (SSSR count). The molecular formula is C18H30N2. The van der Waals surface area contributed by atoms with E-state index in [4.69, 9.17) is 0 Å². The van der Waals surface area contributed by atoms with Gasteiger partial charge in [-0.2, -0.15) is 0 Å². The zero-order valence-corrected chi connectivity index (χ0v) is 13.3. The number of unbranched alkanes of at least 4 members (excludes halogenated alkanes) is 1. The third-order valence-corrected chi connectivity index (χ3v) is 3.81. The van der Waals surface area contributed by atoms with Crippen LogP contribution in [0.25, 0.3) is 0 Å². The van der Waals surface area contributed by atoms with Crippen molar-refractivity contribution in [1.82, 2.24) is 10.6 Å². The molecule has 1 aliphatic carbocycles. The molecular weight excluding hydrogens is 244 g/mol. The molecule has 0 bridgehead atoms. The molecule has 2 N–H and O–H groups in total. The van der Waals surface area contributed by atoms with Gasteiger partial charge >= 0.3 is 0 Å². The SMILES string of the molecule is CC(C)(C)NCc1ccccc1CCCCNC1CC1. The summed E-state index contributed by atoms with van der Waals surface area (Å²) in [7, 11) is 0. The second-order valence-corrected chi connectivity index (χ2v) is 7.06. The van der Waals surface area contributed by atoms with Crippen molar-refractivity contribution in [3.05, 3.63) is 35.4 Å². The minimum absolute atomic E-state index is 0.182. The standard InChI is InChI=1S/C18H30N2/c1-18(2,3)20-14-16-10-5-4-8-15(16)9-6-7-13-19-17-11-12-17/h4-5,8,10,17,19-20H,6-7,9,11-14H2,1-3H3. The molecule has 0 spiro atoms. The van der Waals surface area contributed by atoms with Crippen LogP contribution in [0, 0.1) is 0 Å². The van der Waals surface area contributed by atoms with Gasteiger partial charge < -0.3 is 10.6 Å². The Morgan fingerprint density at radius 3 is 2.40 bits per heavy atom. The molecule has 112 valence electrons. The van der Waals surface area contributed by atoms with E-state index in [0.717, 1.165) is 12.6 Å². The summed E-state index contributed by atoms with van der Waals surface area (Å²) in [6, 6.07) is 9.71. The first-order valence-electron chi connectivity index (χ1n) is 8.10. The average Bonchev–Trinajstić information content (AvgIpc) is 3.20. The van der Waals surface area contributed by atoms with Crippen LogP contribution in [-0.4, -0.2) is 18.1 Å². The molecule has 1 aliphatic rings. The second kappa shape index (κ2) is 7.24. The first-order valence-corrected chi connectivity index (χ1v) is 8.10. The Hall–Kier alpha value is -0.860. The lowest BCUT2D eigenvalue weighted by atomic mass is 10.0. The van der Waals surface area contributed by atoms with Crippen LogP contribution >= 0.6 is 0 Å². The van der Waals surface area contributed by atoms with Gasteiger partial charge in [0.15, 0.2) is 0 Å². The van der Waals surface area contributed by atoms with Crippen LogP contribution in [0.5, 0.6) is 0 Å². The molecule has 0 unspecified atom stereocenters. The molecule has 0 radical (unpaired) electrons. The van der Waals surface area contributed by atoms with Crippen LogP contribution in [-0.2, 0) is 13.0 Å². The van der Waals surface area contributed by atoms with Gasteiger partial charge in [0.05, 0.1) is 0 Å². The van der Waals surface area contributed by atoms with Gasteiger partial charge in [-0.15, -0.1) is 0 Å². The highest BCUT2D eigenvalue weighted by atomic mass is 14.9. The summed E-state index contributed by atoms with van der Waals surface area (Å²) >= 11 is 0. The van der Waals surface area contributed by atoms with E-state index in [2.05, 4.69) is 55.7 Å². The highest BCUT2D eigenvalue weighted by Crippen LogP contribution is 2.18. The van der Waals surface area contributed by atoms with Gasteiger partial charge in [0.25, 0.3) is 0 Å². The summed E-state index contributed by atoms with van der Waals surface area (Å²) in [6.07, 6.45) is 6.56. The largest absolute Gasteiger partial charge is 0.314 e. The first kappa shape index (κ1) is 15.5. The number of benzene rings is 1. The number of aryl methyl sites for hydroxylation is 1. The van der Waals surface area contributed by atoms with Gasteiger partial charge in [-0.05, 0) is 70.5 Å². The van der Waals surface area contributed by atoms with E-state index in [-0.39, 0.29) is 5.54 Å². The van der Waals surface area contributed by atoms with E-state index in [0.29, 0.717) is 0 Å². The lowest BCUT2D eigenvalue weighted by Gasteiger charge is -2.21. The maximum atomic E-state index is 3.59. The molecule has 0 heterocycles. The monoisotopic (exact) mass is 274 g/mol. The lowest BCUT2D eigenvalue weighted by molar-refractivity contribution is 0.423. The zero-order chi connectivity index (χ0) is 14.4. The van der Waals surface area contributed by atoms with Gasteiger partial charge in [0, 0.05) is 18.1 Å². The fourth-order valence-corrected chi connectivity index (χ4v) is 2.37. The lowest BCUT2D eigenvalue weighted by Crippen LogP contribution is -2.35. The Labute approximate surface area is 124 Å². The van der Waals surface area contributed by atoms with E-state index in [9.17, 15) is 0 Å².